The van der Waals surface area contributed by atoms with Crippen molar-refractivity contribution in [3.05, 3.63) is 59.2 Å². The maximum Gasteiger partial charge on any atom is 0.356 e. The van der Waals surface area contributed by atoms with Gasteiger partial charge in [0.05, 0.1) is 37.3 Å². The summed E-state index contributed by atoms with van der Waals surface area (Å²) in [6.07, 6.45) is 2.91. The maximum absolute atomic E-state index is 11.7. The number of esters is 1. The molecule has 3 heterocycles. The predicted octanol–water partition coefficient (Wildman–Crippen LogP) is 2.48. The van der Waals surface area contributed by atoms with Gasteiger partial charge >= 0.3 is 5.97 Å². The molecular formula is C19H19N3O4. The Morgan fingerprint density at radius 3 is 2.77 bits per heavy atom. The molecule has 0 saturated heterocycles. The van der Waals surface area contributed by atoms with Crippen LogP contribution in [-0.2, 0) is 4.74 Å². The number of aliphatic hydroxyl groups excluding tert-OH is 1. The van der Waals surface area contributed by atoms with Crippen LogP contribution in [-0.4, -0.2) is 39.9 Å². The summed E-state index contributed by atoms with van der Waals surface area (Å²) in [6, 6.07) is 8.65. The van der Waals surface area contributed by atoms with Crippen molar-refractivity contribution in [2.24, 2.45) is 0 Å². The molecule has 1 unspecified atom stereocenters. The Hall–Kier alpha value is -2.93. The first-order valence-corrected chi connectivity index (χ1v) is 8.42. The van der Waals surface area contributed by atoms with Crippen LogP contribution in [0.25, 0.3) is 5.52 Å². The van der Waals surface area contributed by atoms with Crippen molar-refractivity contribution in [2.75, 3.05) is 14.2 Å². The molecule has 26 heavy (non-hydrogen) atoms. The third-order valence-electron chi connectivity index (χ3n) is 4.59. The fourth-order valence-electron chi connectivity index (χ4n) is 3.10. The number of hydrogen-bond acceptors (Lipinski definition) is 6. The summed E-state index contributed by atoms with van der Waals surface area (Å²) >= 11 is 0. The summed E-state index contributed by atoms with van der Waals surface area (Å²) in [7, 11) is 2.90. The van der Waals surface area contributed by atoms with Crippen molar-refractivity contribution in [3.8, 4) is 5.75 Å². The monoisotopic (exact) mass is 353 g/mol. The van der Waals surface area contributed by atoms with E-state index in [1.165, 1.54) is 7.11 Å². The second-order valence-corrected chi connectivity index (χ2v) is 6.31. The van der Waals surface area contributed by atoms with E-state index in [4.69, 9.17) is 9.47 Å². The van der Waals surface area contributed by atoms with Gasteiger partial charge in [0.15, 0.2) is 0 Å². The summed E-state index contributed by atoms with van der Waals surface area (Å²) in [4.78, 5) is 16.0. The Bertz CT molecular complexity index is 978. The van der Waals surface area contributed by atoms with Gasteiger partial charge in [0.1, 0.15) is 17.5 Å². The summed E-state index contributed by atoms with van der Waals surface area (Å²) in [6.45, 7) is 0. The van der Waals surface area contributed by atoms with Crippen molar-refractivity contribution in [1.82, 2.24) is 14.6 Å². The van der Waals surface area contributed by atoms with Gasteiger partial charge in [0.25, 0.3) is 0 Å². The first-order chi connectivity index (χ1) is 12.6. The molecule has 1 aliphatic rings. The summed E-state index contributed by atoms with van der Waals surface area (Å²) in [5.74, 6) is 0.495. The average molecular weight is 353 g/mol. The maximum atomic E-state index is 11.7. The van der Waals surface area contributed by atoms with Crippen LogP contribution >= 0.6 is 0 Å². The molecule has 0 amide bonds. The van der Waals surface area contributed by atoms with Crippen molar-refractivity contribution < 1.29 is 19.4 Å². The smallest absolute Gasteiger partial charge is 0.356 e. The van der Waals surface area contributed by atoms with E-state index in [2.05, 4.69) is 10.1 Å². The Balaban J connectivity index is 1.82. The van der Waals surface area contributed by atoms with Gasteiger partial charge in [0, 0.05) is 11.5 Å². The van der Waals surface area contributed by atoms with Gasteiger partial charge in [-0.25, -0.2) is 14.3 Å². The fraction of sp³-hybridized carbons (Fsp3) is 0.316. The molecule has 3 aromatic heterocycles. The zero-order valence-corrected chi connectivity index (χ0v) is 14.5. The quantitative estimate of drug-likeness (QED) is 0.709. The minimum Gasteiger partial charge on any atom is -0.495 e. The second kappa shape index (κ2) is 6.42. The SMILES string of the molecule is COC(=O)c1cccc(C(O)c2c(C3CC3)nn3cc(OC)ccc23)n1. The zero-order chi connectivity index (χ0) is 18.3. The fourth-order valence-corrected chi connectivity index (χ4v) is 3.10. The lowest BCUT2D eigenvalue weighted by molar-refractivity contribution is 0.0593. The largest absolute Gasteiger partial charge is 0.495 e. The average Bonchev–Trinajstić information content (AvgIpc) is 3.46. The molecule has 4 rings (SSSR count). The van der Waals surface area contributed by atoms with Crippen LogP contribution in [0.3, 0.4) is 0 Å². The van der Waals surface area contributed by atoms with Gasteiger partial charge < -0.3 is 14.6 Å². The standard InChI is InChI=1S/C19H19N3O4/c1-25-12-8-9-15-16(17(11-6-7-11)21-22(15)10-12)18(23)13-4-3-5-14(20-13)19(24)26-2/h3-5,8-11,18,23H,6-7H2,1-2H3. The van der Waals surface area contributed by atoms with E-state index >= 15 is 0 Å². The molecule has 0 aromatic carbocycles. The molecule has 7 nitrogen and oxygen atoms in total. The second-order valence-electron chi connectivity index (χ2n) is 6.31. The number of aromatic nitrogens is 3. The van der Waals surface area contributed by atoms with Crippen molar-refractivity contribution >= 4 is 11.5 Å². The minimum absolute atomic E-state index is 0.162. The normalized spacial score (nSPS) is 15.0. The number of pyridine rings is 2. The number of hydrogen-bond donors (Lipinski definition) is 1. The highest BCUT2D eigenvalue weighted by atomic mass is 16.5. The first kappa shape index (κ1) is 16.5. The molecule has 7 heteroatoms. The van der Waals surface area contributed by atoms with Gasteiger partial charge in [-0.05, 0) is 37.1 Å². The Morgan fingerprint density at radius 2 is 2.08 bits per heavy atom. The van der Waals surface area contributed by atoms with Crippen molar-refractivity contribution in [2.45, 2.75) is 24.9 Å². The van der Waals surface area contributed by atoms with Crippen LogP contribution in [0, 0.1) is 0 Å². The molecule has 0 bridgehead atoms. The molecule has 1 aliphatic carbocycles. The topological polar surface area (TPSA) is 86.0 Å². The van der Waals surface area contributed by atoms with Crippen LogP contribution in [0.15, 0.2) is 36.5 Å². The van der Waals surface area contributed by atoms with Crippen LogP contribution in [0.5, 0.6) is 5.75 Å². The summed E-state index contributed by atoms with van der Waals surface area (Å²) in [5, 5.41) is 15.7. The minimum atomic E-state index is -0.985. The van der Waals surface area contributed by atoms with Crippen molar-refractivity contribution in [3.63, 3.8) is 0 Å². The first-order valence-electron chi connectivity index (χ1n) is 8.42. The van der Waals surface area contributed by atoms with E-state index in [0.29, 0.717) is 17.4 Å². The van der Waals surface area contributed by atoms with E-state index < -0.39 is 12.1 Å². The number of fused-ring (bicyclic) bond motifs is 1. The van der Waals surface area contributed by atoms with Crippen molar-refractivity contribution in [1.29, 1.82) is 0 Å². The summed E-state index contributed by atoms with van der Waals surface area (Å²) in [5.41, 5.74) is 2.95. The van der Waals surface area contributed by atoms with Gasteiger partial charge in [-0.2, -0.15) is 5.10 Å². The Morgan fingerprint density at radius 1 is 1.27 bits per heavy atom. The lowest BCUT2D eigenvalue weighted by Crippen LogP contribution is -2.10. The molecule has 0 spiro atoms. The molecular weight excluding hydrogens is 334 g/mol. The van der Waals surface area contributed by atoms with Gasteiger partial charge in [-0.15, -0.1) is 0 Å². The number of rotatable bonds is 5. The third-order valence-corrected chi connectivity index (χ3v) is 4.59. The number of nitrogens with zero attached hydrogens (tertiary/aromatic N) is 3. The zero-order valence-electron chi connectivity index (χ0n) is 14.5. The third kappa shape index (κ3) is 2.80. The molecule has 134 valence electrons. The number of carbonyl (C=O) groups excluding carboxylic acids is 1. The highest BCUT2D eigenvalue weighted by molar-refractivity contribution is 5.87. The lowest BCUT2D eigenvalue weighted by atomic mass is 10.0. The lowest BCUT2D eigenvalue weighted by Gasteiger charge is -2.12. The number of ether oxygens (including phenoxy) is 2. The molecule has 1 N–H and O–H groups in total. The number of methoxy groups -OCH3 is 2. The molecule has 1 atom stereocenters. The molecule has 0 aliphatic heterocycles. The van der Waals surface area contributed by atoms with Crippen LogP contribution in [0.1, 0.15) is 52.3 Å². The van der Waals surface area contributed by atoms with Crippen LogP contribution < -0.4 is 4.74 Å². The predicted molar refractivity (Wildman–Crippen MR) is 93.4 cm³/mol. The summed E-state index contributed by atoms with van der Waals surface area (Å²) < 4.78 is 11.7. The van der Waals surface area contributed by atoms with E-state index in [9.17, 15) is 9.90 Å². The van der Waals surface area contributed by atoms with Gasteiger partial charge in [-0.3, -0.25) is 0 Å². The molecule has 3 aromatic rings. The molecule has 1 saturated carbocycles. The number of carbonyl (C=O) groups is 1. The van der Waals surface area contributed by atoms with E-state index in [1.54, 1.807) is 36.0 Å². The molecule has 0 radical (unpaired) electrons. The molecule has 1 fully saturated rings. The van der Waals surface area contributed by atoms with Crippen LogP contribution in [0.4, 0.5) is 0 Å². The Labute approximate surface area is 150 Å². The highest BCUT2D eigenvalue weighted by Crippen LogP contribution is 2.44. The van der Waals surface area contributed by atoms with E-state index in [0.717, 1.165) is 29.6 Å². The van der Waals surface area contributed by atoms with Crippen LogP contribution in [0.2, 0.25) is 0 Å². The van der Waals surface area contributed by atoms with Gasteiger partial charge in [-0.1, -0.05) is 6.07 Å². The van der Waals surface area contributed by atoms with Gasteiger partial charge in [0.2, 0.25) is 0 Å². The van der Waals surface area contributed by atoms with E-state index in [1.807, 2.05) is 12.1 Å². The number of aliphatic hydroxyl groups is 1. The highest BCUT2D eigenvalue weighted by Gasteiger charge is 2.33. The van der Waals surface area contributed by atoms with E-state index in [-0.39, 0.29) is 5.69 Å². The Kier molecular flexibility index (Phi) is 4.08.